The van der Waals surface area contributed by atoms with E-state index in [2.05, 4.69) is 0 Å². The second-order valence-corrected chi connectivity index (χ2v) is 4.26. The van der Waals surface area contributed by atoms with Crippen LogP contribution >= 0.6 is 0 Å². The summed E-state index contributed by atoms with van der Waals surface area (Å²) in [7, 11) is 1.39. The van der Waals surface area contributed by atoms with E-state index in [1.54, 1.807) is 0 Å². The number of amides is 1. The Kier molecular flexibility index (Phi) is 3.02. The van der Waals surface area contributed by atoms with Crippen LogP contribution in [0.25, 0.3) is 0 Å². The molecule has 6 heteroatoms. The molecule has 0 aromatic heterocycles. The van der Waals surface area contributed by atoms with Gasteiger partial charge in [-0.15, -0.1) is 0 Å². The zero-order chi connectivity index (χ0) is 13.4. The number of carbonyl (C=O) groups excluding carboxylic acids is 1. The van der Waals surface area contributed by atoms with Crippen molar-refractivity contribution < 1.29 is 23.5 Å². The fourth-order valence-corrected chi connectivity index (χ4v) is 2.26. The highest BCUT2D eigenvalue weighted by Gasteiger charge is 2.43. The second kappa shape index (κ2) is 4.36. The molecule has 1 saturated heterocycles. The van der Waals surface area contributed by atoms with Crippen molar-refractivity contribution in [1.82, 2.24) is 4.90 Å². The number of carboxylic acid groups (broad SMARTS) is 1. The molecule has 2 rings (SSSR count). The summed E-state index contributed by atoms with van der Waals surface area (Å²) in [4.78, 5) is 23.7. The molecule has 0 radical (unpaired) electrons. The fraction of sp³-hybridized carbons (Fsp3) is 0.333. The van der Waals surface area contributed by atoms with Crippen LogP contribution in [0.2, 0.25) is 0 Å². The highest BCUT2D eigenvalue weighted by molar-refractivity contribution is 5.87. The first-order valence-electron chi connectivity index (χ1n) is 5.35. The van der Waals surface area contributed by atoms with Crippen LogP contribution in [-0.2, 0) is 9.59 Å². The SMILES string of the molecule is CN1C(=O)CC(C(=O)O)C1c1cc(F)ccc1F. The van der Waals surface area contributed by atoms with Gasteiger partial charge in [0.25, 0.3) is 0 Å². The Hall–Kier alpha value is -1.98. The van der Waals surface area contributed by atoms with Gasteiger partial charge in [0, 0.05) is 19.0 Å². The highest BCUT2D eigenvalue weighted by atomic mass is 19.1. The molecule has 1 aliphatic heterocycles. The number of nitrogens with zero attached hydrogens (tertiary/aromatic N) is 1. The number of halogens is 2. The number of hydrogen-bond acceptors (Lipinski definition) is 2. The van der Waals surface area contributed by atoms with Crippen molar-refractivity contribution >= 4 is 11.9 Å². The molecule has 0 aliphatic carbocycles. The first kappa shape index (κ1) is 12.5. The van der Waals surface area contributed by atoms with Gasteiger partial charge < -0.3 is 10.0 Å². The summed E-state index contributed by atoms with van der Waals surface area (Å²) >= 11 is 0. The molecule has 2 unspecified atom stereocenters. The van der Waals surface area contributed by atoms with Gasteiger partial charge in [-0.25, -0.2) is 8.78 Å². The van der Waals surface area contributed by atoms with Gasteiger partial charge in [0.2, 0.25) is 5.91 Å². The predicted octanol–water partition coefficient (Wildman–Crippen LogP) is 1.57. The zero-order valence-electron chi connectivity index (χ0n) is 9.56. The van der Waals surface area contributed by atoms with Crippen LogP contribution in [0.3, 0.4) is 0 Å². The van der Waals surface area contributed by atoms with Gasteiger partial charge in [0.1, 0.15) is 11.6 Å². The van der Waals surface area contributed by atoms with Crippen LogP contribution in [0.4, 0.5) is 8.78 Å². The van der Waals surface area contributed by atoms with E-state index in [0.29, 0.717) is 0 Å². The summed E-state index contributed by atoms with van der Waals surface area (Å²) in [5.41, 5.74) is -0.101. The molecule has 1 aromatic carbocycles. The van der Waals surface area contributed by atoms with Crippen LogP contribution in [0.15, 0.2) is 18.2 Å². The van der Waals surface area contributed by atoms with Gasteiger partial charge in [-0.3, -0.25) is 9.59 Å². The molecule has 1 aromatic rings. The van der Waals surface area contributed by atoms with Gasteiger partial charge in [0.15, 0.2) is 0 Å². The average molecular weight is 255 g/mol. The summed E-state index contributed by atoms with van der Waals surface area (Å²) in [5, 5.41) is 9.05. The zero-order valence-corrected chi connectivity index (χ0v) is 9.56. The van der Waals surface area contributed by atoms with Crippen LogP contribution < -0.4 is 0 Å². The molecule has 1 aliphatic rings. The predicted molar refractivity (Wildman–Crippen MR) is 57.6 cm³/mol. The topological polar surface area (TPSA) is 57.6 Å². The lowest BCUT2D eigenvalue weighted by Crippen LogP contribution is -2.27. The fourth-order valence-electron chi connectivity index (χ4n) is 2.26. The molecule has 96 valence electrons. The summed E-state index contributed by atoms with van der Waals surface area (Å²) < 4.78 is 26.8. The third-order valence-electron chi connectivity index (χ3n) is 3.18. The maximum atomic E-state index is 13.7. The lowest BCUT2D eigenvalue weighted by molar-refractivity contribution is -0.142. The van der Waals surface area contributed by atoms with Crippen LogP contribution in [0, 0.1) is 17.6 Å². The summed E-state index contributed by atoms with van der Waals surface area (Å²) in [6, 6.07) is 1.85. The van der Waals surface area contributed by atoms with Gasteiger partial charge in [0.05, 0.1) is 12.0 Å². The minimum absolute atomic E-state index is 0.101. The summed E-state index contributed by atoms with van der Waals surface area (Å²) in [5.74, 6) is -4.02. The lowest BCUT2D eigenvalue weighted by Gasteiger charge is -2.23. The molecule has 1 amide bonds. The molecule has 1 fully saturated rings. The quantitative estimate of drug-likeness (QED) is 0.872. The van der Waals surface area contributed by atoms with Crippen LogP contribution in [0.1, 0.15) is 18.0 Å². The van der Waals surface area contributed by atoms with Gasteiger partial charge in [-0.2, -0.15) is 0 Å². The Balaban J connectivity index is 2.49. The number of carboxylic acids is 1. The molecular formula is C12H11F2NO3. The standard InChI is InChI=1S/C12H11F2NO3/c1-15-10(16)5-8(12(17)18)11(15)7-4-6(13)2-3-9(7)14/h2-4,8,11H,5H2,1H3,(H,17,18). The van der Waals surface area contributed by atoms with Crippen molar-refractivity contribution in [2.45, 2.75) is 12.5 Å². The minimum Gasteiger partial charge on any atom is -0.481 e. The Labute approximate surface area is 102 Å². The number of likely N-dealkylation sites (tertiary alicyclic amines) is 1. The Morgan fingerprint density at radius 2 is 2.11 bits per heavy atom. The molecule has 0 spiro atoms. The number of benzene rings is 1. The Morgan fingerprint density at radius 3 is 2.72 bits per heavy atom. The van der Waals surface area contributed by atoms with Crippen LogP contribution in [0.5, 0.6) is 0 Å². The Bertz CT molecular complexity index is 518. The average Bonchev–Trinajstić information content (AvgIpc) is 2.60. The van der Waals surface area contributed by atoms with Crippen molar-refractivity contribution in [1.29, 1.82) is 0 Å². The number of carbonyl (C=O) groups is 2. The number of rotatable bonds is 2. The molecule has 1 heterocycles. The van der Waals surface area contributed by atoms with E-state index in [9.17, 15) is 18.4 Å². The molecular weight excluding hydrogens is 244 g/mol. The molecule has 0 saturated carbocycles. The van der Waals surface area contributed by atoms with E-state index >= 15 is 0 Å². The molecule has 2 atom stereocenters. The van der Waals surface area contributed by atoms with Crippen LogP contribution in [-0.4, -0.2) is 28.9 Å². The van der Waals surface area contributed by atoms with E-state index in [1.807, 2.05) is 0 Å². The van der Waals surface area contributed by atoms with E-state index in [1.165, 1.54) is 7.05 Å². The van der Waals surface area contributed by atoms with Crippen molar-refractivity contribution in [3.63, 3.8) is 0 Å². The van der Waals surface area contributed by atoms with Crippen molar-refractivity contribution in [2.24, 2.45) is 5.92 Å². The molecule has 1 N–H and O–H groups in total. The lowest BCUT2D eigenvalue weighted by atomic mass is 9.93. The largest absolute Gasteiger partial charge is 0.481 e. The van der Waals surface area contributed by atoms with Gasteiger partial charge >= 0.3 is 5.97 Å². The van der Waals surface area contributed by atoms with E-state index in [-0.39, 0.29) is 12.0 Å². The maximum absolute atomic E-state index is 13.7. The van der Waals surface area contributed by atoms with E-state index < -0.39 is 35.5 Å². The number of hydrogen-bond donors (Lipinski definition) is 1. The Morgan fingerprint density at radius 1 is 1.44 bits per heavy atom. The van der Waals surface area contributed by atoms with Gasteiger partial charge in [-0.1, -0.05) is 0 Å². The van der Waals surface area contributed by atoms with E-state index in [0.717, 1.165) is 23.1 Å². The smallest absolute Gasteiger partial charge is 0.309 e. The summed E-state index contributed by atoms with van der Waals surface area (Å²) in [6.07, 6.45) is -0.202. The maximum Gasteiger partial charge on any atom is 0.309 e. The van der Waals surface area contributed by atoms with Gasteiger partial charge in [-0.05, 0) is 18.2 Å². The third kappa shape index (κ3) is 1.94. The third-order valence-corrected chi connectivity index (χ3v) is 3.18. The number of aliphatic carboxylic acids is 1. The summed E-state index contributed by atoms with van der Waals surface area (Å²) in [6.45, 7) is 0. The highest BCUT2D eigenvalue weighted by Crippen LogP contribution is 2.38. The van der Waals surface area contributed by atoms with Crippen molar-refractivity contribution in [3.8, 4) is 0 Å². The molecule has 18 heavy (non-hydrogen) atoms. The van der Waals surface area contributed by atoms with Crippen molar-refractivity contribution in [2.75, 3.05) is 7.05 Å². The molecule has 0 bridgehead atoms. The van der Waals surface area contributed by atoms with E-state index in [4.69, 9.17) is 5.11 Å². The monoisotopic (exact) mass is 255 g/mol. The first-order valence-corrected chi connectivity index (χ1v) is 5.35. The first-order chi connectivity index (χ1) is 8.41. The minimum atomic E-state index is -1.19. The molecule has 4 nitrogen and oxygen atoms in total. The second-order valence-electron chi connectivity index (χ2n) is 4.26. The van der Waals surface area contributed by atoms with Crippen molar-refractivity contribution in [3.05, 3.63) is 35.4 Å². The normalized spacial score (nSPS) is 23.5.